The Labute approximate surface area is 178 Å². The average Bonchev–Trinajstić information content (AvgIpc) is 2.70. The number of hydrazone groups is 1. The molecule has 0 bridgehead atoms. The summed E-state index contributed by atoms with van der Waals surface area (Å²) in [5.41, 5.74) is 2.76. The molecule has 28 heavy (non-hydrogen) atoms. The molecule has 144 valence electrons. The monoisotopic (exact) mass is 506 g/mol. The van der Waals surface area contributed by atoms with Gasteiger partial charge < -0.3 is 14.6 Å². The number of carbonyl (C=O) groups is 1. The van der Waals surface area contributed by atoms with E-state index < -0.39 is 5.91 Å². The minimum Gasteiger partial charge on any atom is -0.506 e. The molecule has 0 aliphatic heterocycles. The topological polar surface area (TPSA) is 80.2 Å². The van der Waals surface area contributed by atoms with Crippen molar-refractivity contribution in [3.63, 3.8) is 0 Å². The molecular weight excluding hydrogens is 492 g/mol. The van der Waals surface area contributed by atoms with Gasteiger partial charge in [0.2, 0.25) is 0 Å². The van der Waals surface area contributed by atoms with Gasteiger partial charge in [0.25, 0.3) is 5.91 Å². The van der Waals surface area contributed by atoms with Crippen LogP contribution in [0.1, 0.15) is 5.56 Å². The molecule has 0 aliphatic rings. The number of methoxy groups -OCH3 is 1. The Kier molecular flexibility index (Phi) is 6.53. The number of aromatic hydroxyl groups is 1. The second-order valence-electron chi connectivity index (χ2n) is 5.73. The first-order chi connectivity index (χ1) is 13.5. The van der Waals surface area contributed by atoms with Crippen LogP contribution in [0.25, 0.3) is 10.8 Å². The molecule has 0 heterocycles. The summed E-state index contributed by atoms with van der Waals surface area (Å²) in [7, 11) is 1.49. The molecule has 3 rings (SSSR count). The van der Waals surface area contributed by atoms with E-state index in [-0.39, 0.29) is 12.4 Å². The Morgan fingerprint density at radius 2 is 1.93 bits per heavy atom. The first-order valence-corrected chi connectivity index (χ1v) is 9.76. The largest absolute Gasteiger partial charge is 0.506 e. The first kappa shape index (κ1) is 20.2. The highest BCUT2D eigenvalue weighted by atomic mass is 79.9. The van der Waals surface area contributed by atoms with Gasteiger partial charge in [-0.3, -0.25) is 4.79 Å². The molecule has 3 aromatic rings. The van der Waals surface area contributed by atoms with E-state index in [1.807, 2.05) is 42.5 Å². The van der Waals surface area contributed by atoms with Crippen molar-refractivity contribution in [3.05, 3.63) is 63.0 Å². The predicted molar refractivity (Wildman–Crippen MR) is 115 cm³/mol. The van der Waals surface area contributed by atoms with Crippen LogP contribution < -0.4 is 14.9 Å². The fraction of sp³-hybridized carbons (Fsp3) is 0.100. The zero-order valence-electron chi connectivity index (χ0n) is 14.8. The van der Waals surface area contributed by atoms with Gasteiger partial charge in [-0.15, -0.1) is 0 Å². The maximum absolute atomic E-state index is 11.9. The number of amides is 1. The van der Waals surface area contributed by atoms with Gasteiger partial charge in [-0.25, -0.2) is 5.43 Å². The second-order valence-corrected chi connectivity index (χ2v) is 7.38. The van der Waals surface area contributed by atoms with Crippen LogP contribution in [0.3, 0.4) is 0 Å². The summed E-state index contributed by atoms with van der Waals surface area (Å²) in [6, 6.07) is 15.1. The van der Waals surface area contributed by atoms with Crippen molar-refractivity contribution in [2.45, 2.75) is 0 Å². The fourth-order valence-corrected chi connectivity index (χ4v) is 3.98. The molecule has 0 unspecified atom stereocenters. The van der Waals surface area contributed by atoms with Gasteiger partial charge in [0.15, 0.2) is 12.4 Å². The molecule has 3 aromatic carbocycles. The summed E-state index contributed by atoms with van der Waals surface area (Å²) in [5.74, 6) is 0.585. The minimum absolute atomic E-state index is 0.0505. The van der Waals surface area contributed by atoms with Crippen molar-refractivity contribution in [1.29, 1.82) is 0 Å². The second kappa shape index (κ2) is 9.07. The van der Waals surface area contributed by atoms with Crippen LogP contribution in [0.5, 0.6) is 17.2 Å². The number of carbonyl (C=O) groups excluding carboxylic acids is 1. The van der Waals surface area contributed by atoms with Gasteiger partial charge in [0.05, 0.1) is 17.8 Å². The number of rotatable bonds is 6. The van der Waals surface area contributed by atoms with Gasteiger partial charge in [0, 0.05) is 5.56 Å². The maximum Gasteiger partial charge on any atom is 0.277 e. The number of hydrogen-bond acceptors (Lipinski definition) is 5. The molecule has 0 aromatic heterocycles. The van der Waals surface area contributed by atoms with Crippen molar-refractivity contribution < 1.29 is 19.4 Å². The van der Waals surface area contributed by atoms with E-state index in [0.29, 0.717) is 26.0 Å². The first-order valence-electron chi connectivity index (χ1n) is 8.18. The fourth-order valence-electron chi connectivity index (χ4n) is 2.51. The van der Waals surface area contributed by atoms with E-state index in [1.165, 1.54) is 13.3 Å². The number of benzene rings is 3. The van der Waals surface area contributed by atoms with Gasteiger partial charge in [-0.1, -0.05) is 30.3 Å². The number of fused-ring (bicyclic) bond motifs is 1. The molecule has 0 saturated carbocycles. The summed E-state index contributed by atoms with van der Waals surface area (Å²) in [4.78, 5) is 11.9. The molecular formula is C20H16Br2N2O4. The maximum atomic E-state index is 11.9. The van der Waals surface area contributed by atoms with Gasteiger partial charge >= 0.3 is 0 Å². The van der Waals surface area contributed by atoms with Crippen LogP contribution >= 0.6 is 31.9 Å². The van der Waals surface area contributed by atoms with Crippen LogP contribution in [-0.4, -0.2) is 30.9 Å². The lowest BCUT2D eigenvalue weighted by atomic mass is 10.1. The summed E-state index contributed by atoms with van der Waals surface area (Å²) < 4.78 is 11.7. The smallest absolute Gasteiger partial charge is 0.277 e. The Morgan fingerprint density at radius 1 is 1.18 bits per heavy atom. The summed E-state index contributed by atoms with van der Waals surface area (Å²) in [5, 5.41) is 16.1. The normalized spacial score (nSPS) is 11.0. The molecule has 0 aliphatic carbocycles. The highest BCUT2D eigenvalue weighted by Crippen LogP contribution is 2.41. The summed E-state index contributed by atoms with van der Waals surface area (Å²) >= 11 is 6.60. The van der Waals surface area contributed by atoms with Crippen LogP contribution in [0, 0.1) is 0 Å². The van der Waals surface area contributed by atoms with Gasteiger partial charge in [0.1, 0.15) is 16.0 Å². The quantitative estimate of drug-likeness (QED) is 0.377. The van der Waals surface area contributed by atoms with Gasteiger partial charge in [-0.05, 0) is 60.8 Å². The van der Waals surface area contributed by atoms with Crippen LogP contribution in [0.2, 0.25) is 0 Å². The molecule has 2 N–H and O–H groups in total. The Hall–Kier alpha value is -2.58. The number of nitrogens with one attached hydrogen (secondary N) is 1. The zero-order chi connectivity index (χ0) is 20.1. The molecule has 1 amide bonds. The molecule has 8 heteroatoms. The van der Waals surface area contributed by atoms with Gasteiger partial charge in [-0.2, -0.15) is 5.10 Å². The van der Waals surface area contributed by atoms with Crippen molar-refractivity contribution in [1.82, 2.24) is 5.43 Å². The third kappa shape index (κ3) is 4.63. The lowest BCUT2D eigenvalue weighted by Crippen LogP contribution is -2.24. The van der Waals surface area contributed by atoms with E-state index in [2.05, 4.69) is 42.4 Å². The number of ether oxygens (including phenoxy) is 2. The average molecular weight is 508 g/mol. The third-order valence-corrected chi connectivity index (χ3v) is 5.19. The zero-order valence-corrected chi connectivity index (χ0v) is 18.0. The van der Waals surface area contributed by atoms with Crippen molar-refractivity contribution in [2.24, 2.45) is 5.10 Å². The number of hydrogen-bond donors (Lipinski definition) is 2. The number of phenols is 1. The van der Waals surface area contributed by atoms with E-state index in [9.17, 15) is 9.90 Å². The lowest BCUT2D eigenvalue weighted by molar-refractivity contribution is -0.123. The number of phenolic OH excluding ortho intramolecular Hbond substituents is 1. The Balaban J connectivity index is 1.59. The summed E-state index contributed by atoms with van der Waals surface area (Å²) in [6.45, 7) is -0.183. The molecule has 6 nitrogen and oxygen atoms in total. The number of halogens is 2. The highest BCUT2D eigenvalue weighted by molar-refractivity contribution is 9.11. The molecule has 0 spiro atoms. The third-order valence-electron chi connectivity index (χ3n) is 3.87. The van der Waals surface area contributed by atoms with Crippen LogP contribution in [0.15, 0.2) is 62.6 Å². The van der Waals surface area contributed by atoms with E-state index in [0.717, 1.165) is 10.8 Å². The van der Waals surface area contributed by atoms with Crippen molar-refractivity contribution >= 4 is 54.8 Å². The molecule has 0 saturated heterocycles. The standard InChI is InChI=1S/C20H16Br2N2O4/c1-27-20-16(21)9-14(19(26)18(20)22)10-23-24-17(25)11-28-15-7-6-12-4-2-3-5-13(12)8-15/h2-10,26H,11H2,1H3,(H,24,25)/b23-10-. The highest BCUT2D eigenvalue weighted by Gasteiger charge is 2.14. The van der Waals surface area contributed by atoms with Crippen molar-refractivity contribution in [3.8, 4) is 17.2 Å². The SMILES string of the molecule is COc1c(Br)cc(/C=N\NC(=O)COc2ccc3ccccc3c2)c(O)c1Br. The molecule has 0 radical (unpaired) electrons. The van der Waals surface area contributed by atoms with Crippen molar-refractivity contribution in [2.75, 3.05) is 13.7 Å². The molecule has 0 atom stereocenters. The Bertz CT molecular complexity index is 1050. The minimum atomic E-state index is -0.421. The Morgan fingerprint density at radius 3 is 2.68 bits per heavy atom. The van der Waals surface area contributed by atoms with E-state index in [4.69, 9.17) is 9.47 Å². The number of nitrogens with zero attached hydrogens (tertiary/aromatic N) is 1. The summed E-state index contributed by atoms with van der Waals surface area (Å²) in [6.07, 6.45) is 1.33. The predicted octanol–water partition coefficient (Wildman–Crippen LogP) is 4.61. The van der Waals surface area contributed by atoms with Crippen LogP contribution in [-0.2, 0) is 4.79 Å². The molecule has 0 fully saturated rings. The van der Waals surface area contributed by atoms with Crippen LogP contribution in [0.4, 0.5) is 0 Å². The van der Waals surface area contributed by atoms with E-state index >= 15 is 0 Å². The lowest BCUT2D eigenvalue weighted by Gasteiger charge is -2.10. The van der Waals surface area contributed by atoms with E-state index in [1.54, 1.807) is 6.07 Å².